The van der Waals surface area contributed by atoms with E-state index in [2.05, 4.69) is 182 Å². The first kappa shape index (κ1) is 31.8. The lowest BCUT2D eigenvalue weighted by Gasteiger charge is -2.32. The first-order chi connectivity index (χ1) is 28.3. The number of aromatic nitrogens is 3. The lowest BCUT2D eigenvalue weighted by molar-refractivity contribution is 0.796. The van der Waals surface area contributed by atoms with Crippen LogP contribution in [0.25, 0.3) is 89.1 Å². The van der Waals surface area contributed by atoms with Crippen LogP contribution < -0.4 is 0 Å². The van der Waals surface area contributed by atoms with Gasteiger partial charge in [0.25, 0.3) is 0 Å². The Morgan fingerprint density at radius 2 is 0.754 bits per heavy atom. The summed E-state index contributed by atoms with van der Waals surface area (Å²) >= 11 is 0. The Balaban J connectivity index is 1.02. The molecular formula is C54H33N3. The smallest absolute Gasteiger partial charge is 0.164 e. The lowest BCUT2D eigenvalue weighted by Crippen LogP contribution is -2.26. The Labute approximate surface area is 330 Å². The van der Waals surface area contributed by atoms with Gasteiger partial charge in [0, 0.05) is 16.7 Å². The molecule has 0 fully saturated rings. The van der Waals surface area contributed by atoms with Crippen molar-refractivity contribution in [1.29, 1.82) is 0 Å². The molecule has 2 aliphatic carbocycles. The standard InChI is InChI=1S/C54H33N3/c1-2-15-35(16-3-1)51-55-52(57-53(56-51)46-24-12-17-34-14-4-5-18-40(34)46)39-31-29-36-32-38(30-28-37(36)33-39)41-22-13-23-45-44-21-8-11-27-49(44)54(50(41)45)47-25-9-6-19-42(47)43-20-7-10-26-48(43)54/h1-33H. The third-order valence-electron chi connectivity index (χ3n) is 12.1. The highest BCUT2D eigenvalue weighted by molar-refractivity contribution is 6.00. The molecule has 0 amide bonds. The van der Waals surface area contributed by atoms with E-state index in [4.69, 9.17) is 15.0 Å². The van der Waals surface area contributed by atoms with Crippen LogP contribution in [-0.2, 0) is 5.41 Å². The van der Waals surface area contributed by atoms with Crippen molar-refractivity contribution in [3.63, 3.8) is 0 Å². The minimum atomic E-state index is -0.411. The molecule has 0 aliphatic heterocycles. The number of hydrogen-bond acceptors (Lipinski definition) is 3. The molecule has 3 heteroatoms. The summed E-state index contributed by atoms with van der Waals surface area (Å²) in [5.74, 6) is 1.97. The van der Waals surface area contributed by atoms with E-state index in [1.54, 1.807) is 0 Å². The van der Waals surface area contributed by atoms with Crippen LogP contribution >= 0.6 is 0 Å². The Hall–Kier alpha value is -7.49. The van der Waals surface area contributed by atoms with Gasteiger partial charge < -0.3 is 0 Å². The van der Waals surface area contributed by atoms with E-state index < -0.39 is 5.41 Å². The van der Waals surface area contributed by atoms with E-state index in [1.807, 2.05) is 18.2 Å². The molecule has 264 valence electrons. The van der Waals surface area contributed by atoms with Gasteiger partial charge in [0.2, 0.25) is 0 Å². The van der Waals surface area contributed by atoms with Crippen molar-refractivity contribution >= 4 is 21.5 Å². The summed E-state index contributed by atoms with van der Waals surface area (Å²) in [6.07, 6.45) is 0. The summed E-state index contributed by atoms with van der Waals surface area (Å²) in [4.78, 5) is 15.2. The zero-order chi connectivity index (χ0) is 37.5. The monoisotopic (exact) mass is 723 g/mol. The molecule has 0 atom stereocenters. The number of nitrogens with zero attached hydrogens (tertiary/aromatic N) is 3. The van der Waals surface area contributed by atoms with E-state index in [0.717, 1.165) is 38.2 Å². The van der Waals surface area contributed by atoms with Gasteiger partial charge in [-0.25, -0.2) is 15.0 Å². The van der Waals surface area contributed by atoms with Crippen LogP contribution in [0.4, 0.5) is 0 Å². The molecule has 1 aromatic heterocycles. The molecule has 0 radical (unpaired) electrons. The predicted molar refractivity (Wildman–Crippen MR) is 233 cm³/mol. The second kappa shape index (κ2) is 12.3. The van der Waals surface area contributed by atoms with Crippen LogP contribution in [0.1, 0.15) is 22.3 Å². The third-order valence-corrected chi connectivity index (χ3v) is 12.1. The fourth-order valence-corrected chi connectivity index (χ4v) is 9.71. The quantitative estimate of drug-likeness (QED) is 0.181. The van der Waals surface area contributed by atoms with E-state index in [0.29, 0.717) is 17.5 Å². The number of hydrogen-bond donors (Lipinski definition) is 0. The van der Waals surface area contributed by atoms with Gasteiger partial charge in [-0.15, -0.1) is 0 Å². The molecule has 10 aromatic rings. The zero-order valence-electron chi connectivity index (χ0n) is 30.9. The van der Waals surface area contributed by atoms with Crippen molar-refractivity contribution in [2.75, 3.05) is 0 Å². The van der Waals surface area contributed by atoms with Gasteiger partial charge in [0.15, 0.2) is 17.5 Å². The molecule has 0 saturated carbocycles. The molecule has 0 saturated heterocycles. The summed E-state index contributed by atoms with van der Waals surface area (Å²) in [6, 6.07) is 72.2. The summed E-state index contributed by atoms with van der Waals surface area (Å²) in [6.45, 7) is 0. The van der Waals surface area contributed by atoms with Crippen molar-refractivity contribution in [3.05, 3.63) is 222 Å². The second-order valence-electron chi connectivity index (χ2n) is 15.1. The van der Waals surface area contributed by atoms with E-state index in [9.17, 15) is 0 Å². The topological polar surface area (TPSA) is 38.7 Å². The first-order valence-corrected chi connectivity index (χ1v) is 19.5. The number of rotatable bonds is 4. The molecule has 3 nitrogen and oxygen atoms in total. The van der Waals surface area contributed by atoms with Crippen LogP contribution in [-0.4, -0.2) is 15.0 Å². The summed E-state index contributed by atoms with van der Waals surface area (Å²) < 4.78 is 0. The summed E-state index contributed by atoms with van der Waals surface area (Å²) in [5, 5.41) is 4.56. The maximum atomic E-state index is 5.14. The number of fused-ring (bicyclic) bond motifs is 12. The molecular weight excluding hydrogens is 691 g/mol. The molecule has 0 bridgehead atoms. The summed E-state index contributed by atoms with van der Waals surface area (Å²) in [5.41, 5.74) is 15.6. The lowest BCUT2D eigenvalue weighted by atomic mass is 9.68. The van der Waals surface area contributed by atoms with Gasteiger partial charge in [0.1, 0.15) is 0 Å². The minimum absolute atomic E-state index is 0.411. The van der Waals surface area contributed by atoms with Gasteiger partial charge in [-0.3, -0.25) is 0 Å². The van der Waals surface area contributed by atoms with E-state index in [1.165, 1.54) is 55.6 Å². The van der Waals surface area contributed by atoms with Crippen LogP contribution in [0.15, 0.2) is 200 Å². The van der Waals surface area contributed by atoms with E-state index >= 15 is 0 Å². The van der Waals surface area contributed by atoms with Crippen LogP contribution in [0.5, 0.6) is 0 Å². The Bertz CT molecular complexity index is 3190. The summed E-state index contributed by atoms with van der Waals surface area (Å²) in [7, 11) is 0. The van der Waals surface area contributed by atoms with Crippen LogP contribution in [0.3, 0.4) is 0 Å². The fraction of sp³-hybridized carbons (Fsp3) is 0.0185. The average molecular weight is 724 g/mol. The molecule has 0 N–H and O–H groups in total. The van der Waals surface area contributed by atoms with Crippen molar-refractivity contribution < 1.29 is 0 Å². The Morgan fingerprint density at radius 3 is 1.47 bits per heavy atom. The van der Waals surface area contributed by atoms with Crippen molar-refractivity contribution in [2.24, 2.45) is 0 Å². The van der Waals surface area contributed by atoms with Gasteiger partial charge in [-0.05, 0) is 89.3 Å². The molecule has 1 spiro atoms. The zero-order valence-corrected chi connectivity index (χ0v) is 30.9. The highest BCUT2D eigenvalue weighted by atomic mass is 15.0. The average Bonchev–Trinajstić information content (AvgIpc) is 3.76. The van der Waals surface area contributed by atoms with Crippen molar-refractivity contribution in [2.45, 2.75) is 5.41 Å². The first-order valence-electron chi connectivity index (χ1n) is 19.5. The highest BCUT2D eigenvalue weighted by Crippen LogP contribution is 2.64. The molecule has 12 rings (SSSR count). The maximum Gasteiger partial charge on any atom is 0.164 e. The van der Waals surface area contributed by atoms with Gasteiger partial charge in [0.05, 0.1) is 5.41 Å². The van der Waals surface area contributed by atoms with Crippen LogP contribution in [0.2, 0.25) is 0 Å². The third kappa shape index (κ3) is 4.63. The largest absolute Gasteiger partial charge is 0.208 e. The Morgan fingerprint density at radius 1 is 0.281 bits per heavy atom. The maximum absolute atomic E-state index is 5.14. The van der Waals surface area contributed by atoms with Crippen LogP contribution in [0, 0.1) is 0 Å². The predicted octanol–water partition coefficient (Wildman–Crippen LogP) is 13.2. The highest BCUT2D eigenvalue weighted by Gasteiger charge is 2.52. The van der Waals surface area contributed by atoms with Crippen molar-refractivity contribution in [1.82, 2.24) is 15.0 Å². The van der Waals surface area contributed by atoms with Gasteiger partial charge in [-0.1, -0.05) is 188 Å². The minimum Gasteiger partial charge on any atom is -0.208 e. The second-order valence-corrected chi connectivity index (χ2v) is 15.1. The van der Waals surface area contributed by atoms with Gasteiger partial charge in [-0.2, -0.15) is 0 Å². The van der Waals surface area contributed by atoms with Gasteiger partial charge >= 0.3 is 0 Å². The molecule has 0 unspecified atom stereocenters. The number of benzene rings is 9. The molecule has 9 aromatic carbocycles. The fourth-order valence-electron chi connectivity index (χ4n) is 9.71. The molecule has 57 heavy (non-hydrogen) atoms. The Kier molecular flexibility index (Phi) is 6.84. The molecule has 2 aliphatic rings. The van der Waals surface area contributed by atoms with Crippen molar-refractivity contribution in [3.8, 4) is 67.5 Å². The molecule has 1 heterocycles. The van der Waals surface area contributed by atoms with E-state index in [-0.39, 0.29) is 0 Å². The SMILES string of the molecule is c1ccc(-c2nc(-c3ccc4cc(-c5cccc6c5C5(c7ccccc7-c7ccccc75)c5ccccc5-6)ccc4c3)nc(-c3cccc4ccccc34)n2)cc1. The normalized spacial score (nSPS) is 13.1.